The predicted octanol–water partition coefficient (Wildman–Crippen LogP) is 7.98. The van der Waals surface area contributed by atoms with Gasteiger partial charge in [-0.25, -0.2) is 0 Å². The second-order valence-electron chi connectivity index (χ2n) is 10.3. The van der Waals surface area contributed by atoms with Crippen LogP contribution in [-0.4, -0.2) is 60.3 Å². The zero-order valence-electron chi connectivity index (χ0n) is 23.0. The zero-order valence-corrected chi connectivity index (χ0v) is 24.0. The molecule has 0 rings (SSSR count). The summed E-state index contributed by atoms with van der Waals surface area (Å²) in [6.07, 6.45) is 19.0. The molecule has 0 unspecified atom stereocenters. The minimum absolute atomic E-state index is 0.775. The highest BCUT2D eigenvalue weighted by Gasteiger charge is 2.41. The molecular weight excluding hydrogens is 414 g/mol. The first-order valence-corrected chi connectivity index (χ1v) is 16.1. The molecule has 32 heavy (non-hydrogen) atoms. The topological polar surface area (TPSA) is 27.7 Å². The van der Waals surface area contributed by atoms with Crippen molar-refractivity contribution in [2.24, 2.45) is 0 Å². The number of nitrogens with zero attached hydrogens (tertiary/aromatic N) is 1. The summed E-state index contributed by atoms with van der Waals surface area (Å²) in [5, 5.41) is 0. The summed E-state index contributed by atoms with van der Waals surface area (Å²) >= 11 is 0. The van der Waals surface area contributed by atoms with Crippen LogP contribution in [0.2, 0.25) is 6.04 Å². The van der Waals surface area contributed by atoms with Crippen molar-refractivity contribution in [1.29, 1.82) is 0 Å². The molecule has 0 aliphatic carbocycles. The molecular formula is C27H60NO3Si+. The Labute approximate surface area is 203 Å². The Kier molecular flexibility index (Phi) is 21.6. The third-order valence-electron chi connectivity index (χ3n) is 6.32. The maximum atomic E-state index is 6.42. The molecule has 0 radical (unpaired) electrons. The summed E-state index contributed by atoms with van der Waals surface area (Å²) < 4.78 is 20.4. The van der Waals surface area contributed by atoms with Crippen molar-refractivity contribution in [2.75, 3.05) is 47.0 Å². The summed E-state index contributed by atoms with van der Waals surface area (Å²) in [4.78, 5) is 0. The molecule has 0 N–H and O–H groups in total. The molecule has 4 nitrogen and oxygen atoms in total. The Balaban J connectivity index is 4.52. The highest BCUT2D eigenvalue weighted by molar-refractivity contribution is 6.60. The minimum atomic E-state index is -2.58. The first-order chi connectivity index (χ1) is 15.4. The van der Waals surface area contributed by atoms with Crippen LogP contribution in [0.15, 0.2) is 0 Å². The van der Waals surface area contributed by atoms with E-state index >= 15 is 0 Å². The van der Waals surface area contributed by atoms with Crippen molar-refractivity contribution in [2.45, 2.75) is 130 Å². The van der Waals surface area contributed by atoms with Gasteiger partial charge >= 0.3 is 8.80 Å². The molecule has 0 aliphatic rings. The first kappa shape index (κ1) is 32.1. The van der Waals surface area contributed by atoms with Gasteiger partial charge in [-0.3, -0.25) is 0 Å². The van der Waals surface area contributed by atoms with Gasteiger partial charge in [-0.05, 0) is 32.1 Å². The number of hydrogen-bond donors (Lipinski definition) is 0. The molecule has 0 heterocycles. The Hall–Kier alpha value is 0.0569. The number of rotatable bonds is 25. The molecule has 0 aromatic rings. The van der Waals surface area contributed by atoms with Crippen LogP contribution in [0.25, 0.3) is 0 Å². The molecule has 0 aliphatic heterocycles. The SMILES string of the molecule is CCCCCCCCCC[N+](C)(C)CCC[Si](OCCCC)(OCCCC)OCCCC. The van der Waals surface area contributed by atoms with E-state index in [9.17, 15) is 0 Å². The highest BCUT2D eigenvalue weighted by atomic mass is 28.4. The van der Waals surface area contributed by atoms with Gasteiger partial charge in [0.1, 0.15) is 0 Å². The van der Waals surface area contributed by atoms with Gasteiger partial charge in [0, 0.05) is 32.3 Å². The fourth-order valence-corrected chi connectivity index (χ4v) is 6.61. The Morgan fingerprint density at radius 1 is 0.469 bits per heavy atom. The smallest absolute Gasteiger partial charge is 0.373 e. The van der Waals surface area contributed by atoms with E-state index in [2.05, 4.69) is 41.8 Å². The fourth-order valence-electron chi connectivity index (χ4n) is 3.97. The lowest BCUT2D eigenvalue weighted by atomic mass is 10.1. The van der Waals surface area contributed by atoms with Gasteiger partial charge in [-0.15, -0.1) is 0 Å². The van der Waals surface area contributed by atoms with E-state index in [0.717, 1.165) is 75.3 Å². The van der Waals surface area contributed by atoms with Crippen molar-refractivity contribution in [1.82, 2.24) is 0 Å². The average Bonchev–Trinajstić information content (AvgIpc) is 2.76. The predicted molar refractivity (Wildman–Crippen MR) is 142 cm³/mol. The van der Waals surface area contributed by atoms with E-state index in [1.165, 1.54) is 64.5 Å². The van der Waals surface area contributed by atoms with E-state index in [-0.39, 0.29) is 0 Å². The van der Waals surface area contributed by atoms with Crippen molar-refractivity contribution in [3.8, 4) is 0 Å². The van der Waals surface area contributed by atoms with Gasteiger partial charge in [-0.2, -0.15) is 0 Å². The van der Waals surface area contributed by atoms with Gasteiger partial charge in [0.2, 0.25) is 0 Å². The van der Waals surface area contributed by atoms with Crippen molar-refractivity contribution in [3.63, 3.8) is 0 Å². The van der Waals surface area contributed by atoms with Crippen LogP contribution >= 0.6 is 0 Å². The lowest BCUT2D eigenvalue weighted by Gasteiger charge is -2.33. The molecule has 0 aromatic carbocycles. The molecule has 0 amide bonds. The lowest BCUT2D eigenvalue weighted by molar-refractivity contribution is -0.890. The minimum Gasteiger partial charge on any atom is -0.373 e. The Bertz CT molecular complexity index is 367. The first-order valence-electron chi connectivity index (χ1n) is 14.2. The van der Waals surface area contributed by atoms with E-state index in [1.807, 2.05) is 0 Å². The van der Waals surface area contributed by atoms with Crippen LogP contribution in [-0.2, 0) is 13.3 Å². The van der Waals surface area contributed by atoms with Crippen LogP contribution in [0.1, 0.15) is 124 Å². The molecule has 0 fully saturated rings. The van der Waals surface area contributed by atoms with Crippen LogP contribution in [0.3, 0.4) is 0 Å². The van der Waals surface area contributed by atoms with E-state index in [4.69, 9.17) is 13.3 Å². The van der Waals surface area contributed by atoms with E-state index in [1.54, 1.807) is 0 Å². The molecule has 0 spiro atoms. The molecule has 0 bridgehead atoms. The standard InChI is InChI=1S/C27H60NO3Si/c1-7-11-15-16-17-18-19-20-22-28(5,6)23-21-27-32(29-24-12-8-2,30-25-13-9-3)31-26-14-10-4/h7-27H2,1-6H3/q+1. The fraction of sp³-hybridized carbons (Fsp3) is 1.00. The zero-order chi connectivity index (χ0) is 24.0. The van der Waals surface area contributed by atoms with Gasteiger partial charge < -0.3 is 17.8 Å². The quantitative estimate of drug-likeness (QED) is 0.0762. The molecule has 0 aromatic heterocycles. The summed E-state index contributed by atoms with van der Waals surface area (Å²) in [5.74, 6) is 0. The summed E-state index contributed by atoms with van der Waals surface area (Å²) in [5.41, 5.74) is 0. The summed E-state index contributed by atoms with van der Waals surface area (Å²) in [6.45, 7) is 13.7. The van der Waals surface area contributed by atoms with Crippen LogP contribution in [0, 0.1) is 0 Å². The summed E-state index contributed by atoms with van der Waals surface area (Å²) in [7, 11) is 2.20. The number of hydrogen-bond acceptors (Lipinski definition) is 3. The second kappa shape index (κ2) is 21.6. The summed E-state index contributed by atoms with van der Waals surface area (Å²) in [6, 6.07) is 0.962. The average molecular weight is 475 g/mol. The van der Waals surface area contributed by atoms with Crippen molar-refractivity contribution >= 4 is 8.80 Å². The third kappa shape index (κ3) is 18.5. The molecule has 0 saturated heterocycles. The van der Waals surface area contributed by atoms with E-state index in [0.29, 0.717) is 0 Å². The third-order valence-corrected chi connectivity index (χ3v) is 9.22. The van der Waals surface area contributed by atoms with Gasteiger partial charge in [0.15, 0.2) is 0 Å². The van der Waals surface area contributed by atoms with Crippen LogP contribution in [0.4, 0.5) is 0 Å². The largest absolute Gasteiger partial charge is 0.501 e. The second-order valence-corrected chi connectivity index (χ2v) is 13.0. The van der Waals surface area contributed by atoms with E-state index < -0.39 is 8.80 Å². The van der Waals surface area contributed by atoms with Crippen LogP contribution in [0.5, 0.6) is 0 Å². The lowest BCUT2D eigenvalue weighted by Crippen LogP contribution is -2.48. The maximum absolute atomic E-state index is 6.42. The highest BCUT2D eigenvalue weighted by Crippen LogP contribution is 2.22. The van der Waals surface area contributed by atoms with Gasteiger partial charge in [0.25, 0.3) is 0 Å². The monoisotopic (exact) mass is 474 g/mol. The molecule has 5 heteroatoms. The van der Waals surface area contributed by atoms with Gasteiger partial charge in [0.05, 0.1) is 27.2 Å². The normalized spacial score (nSPS) is 12.6. The number of quaternary nitrogens is 1. The Morgan fingerprint density at radius 3 is 1.28 bits per heavy atom. The van der Waals surface area contributed by atoms with Crippen LogP contribution < -0.4 is 0 Å². The maximum Gasteiger partial charge on any atom is 0.501 e. The van der Waals surface area contributed by atoms with Crippen molar-refractivity contribution in [3.05, 3.63) is 0 Å². The molecule has 194 valence electrons. The Morgan fingerprint density at radius 2 is 0.844 bits per heavy atom. The number of unbranched alkanes of at least 4 members (excludes halogenated alkanes) is 10. The molecule has 0 atom stereocenters. The van der Waals surface area contributed by atoms with Gasteiger partial charge in [-0.1, -0.05) is 85.5 Å². The van der Waals surface area contributed by atoms with Crippen molar-refractivity contribution < 1.29 is 17.8 Å². The molecule has 0 saturated carbocycles.